The van der Waals surface area contributed by atoms with Crippen LogP contribution in [-0.2, 0) is 23.9 Å². The molecule has 3 N–H and O–H groups in total. The molecule has 53 heavy (non-hydrogen) atoms. The fourth-order valence-electron chi connectivity index (χ4n) is 5.91. The summed E-state index contributed by atoms with van der Waals surface area (Å²) in [6.45, 7) is 29.1. The molecule has 2 heterocycles. The second-order valence-electron chi connectivity index (χ2n) is 12.3. The van der Waals surface area contributed by atoms with Gasteiger partial charge in [0, 0.05) is 25.6 Å². The molecule has 2 rings (SSSR count). The Morgan fingerprint density at radius 1 is 0.943 bits per heavy atom. The van der Waals surface area contributed by atoms with Crippen LogP contribution in [0.3, 0.4) is 0 Å². The van der Waals surface area contributed by atoms with Crippen LogP contribution in [-0.4, -0.2) is 77.4 Å². The Balaban J connectivity index is 1.85. The molecule has 10 nitrogen and oxygen atoms in total. The molecular weight excluding hydrogens is 668 g/mol. The van der Waals surface area contributed by atoms with E-state index >= 15 is 0 Å². The first kappa shape index (κ1) is 43.4. The Morgan fingerprint density at radius 2 is 1.66 bits per heavy atom. The van der Waals surface area contributed by atoms with Gasteiger partial charge in [0.1, 0.15) is 11.8 Å². The Labute approximate surface area is 314 Å². The average Bonchev–Trinajstić information content (AvgIpc) is 3.14. The third-order valence-electron chi connectivity index (χ3n) is 8.65. The number of rotatable bonds is 21. The van der Waals surface area contributed by atoms with E-state index in [0.717, 1.165) is 72.3 Å². The van der Waals surface area contributed by atoms with Crippen molar-refractivity contribution in [2.75, 3.05) is 32.8 Å². The lowest BCUT2D eigenvalue weighted by molar-refractivity contribution is -0.150. The maximum absolute atomic E-state index is 12.7. The van der Waals surface area contributed by atoms with Crippen LogP contribution in [0.4, 0.5) is 0 Å². The standard InChI is InChI=1S/C43H54N4O6/c1-8-16-35(9-2)37(11-4)42(32(6)19-20-33(7)48)36(10-3)17-15-29-53-30-28-46-26-23-34(24-27-46)31-44-25-14-13-18-41(51)47(40(50)12-5)38-21-22-39(49)45-43(38)52/h8-10,12-20,25,29,34,38,44,48H,1-3,5-7,11,21-24,26-28,30-31H2,4H3,(H,45,49,52)/b18-13+,20-19-,25-14+,29-15+,35-16+,36-17+,42-37-. The molecule has 0 saturated carbocycles. The van der Waals surface area contributed by atoms with E-state index < -0.39 is 29.7 Å². The average molecular weight is 723 g/mol. The molecule has 0 aromatic carbocycles. The van der Waals surface area contributed by atoms with Gasteiger partial charge < -0.3 is 15.2 Å². The monoisotopic (exact) mass is 722 g/mol. The van der Waals surface area contributed by atoms with Crippen LogP contribution < -0.4 is 10.6 Å². The van der Waals surface area contributed by atoms with Crippen LogP contribution in [0.2, 0.25) is 0 Å². The number of likely N-dealkylation sites (tertiary alicyclic amines) is 1. The van der Waals surface area contributed by atoms with Crippen molar-refractivity contribution in [2.24, 2.45) is 5.92 Å². The Morgan fingerprint density at radius 3 is 2.26 bits per heavy atom. The zero-order valence-electron chi connectivity index (χ0n) is 30.9. The molecule has 2 fully saturated rings. The lowest BCUT2D eigenvalue weighted by Gasteiger charge is -2.31. The number of hydrogen-bond acceptors (Lipinski definition) is 8. The quantitative estimate of drug-likeness (QED) is 0.0401. The van der Waals surface area contributed by atoms with Crippen molar-refractivity contribution in [3.05, 3.63) is 158 Å². The lowest BCUT2D eigenvalue weighted by Crippen LogP contribution is -2.55. The van der Waals surface area contributed by atoms with Crippen LogP contribution in [0.1, 0.15) is 39.0 Å². The summed E-state index contributed by atoms with van der Waals surface area (Å²) in [7, 11) is 0. The molecule has 0 spiro atoms. The first-order chi connectivity index (χ1) is 25.5. The third-order valence-corrected chi connectivity index (χ3v) is 8.65. The molecule has 2 aliphatic heterocycles. The molecule has 1 unspecified atom stereocenters. The molecule has 2 aliphatic rings. The van der Waals surface area contributed by atoms with Crippen LogP contribution in [0.5, 0.6) is 0 Å². The van der Waals surface area contributed by atoms with Gasteiger partial charge in [-0.2, -0.15) is 0 Å². The number of ether oxygens (including phenoxy) is 1. The van der Waals surface area contributed by atoms with Crippen molar-refractivity contribution in [1.29, 1.82) is 0 Å². The highest BCUT2D eigenvalue weighted by molar-refractivity contribution is 6.10. The van der Waals surface area contributed by atoms with Gasteiger partial charge in [-0.25, -0.2) is 0 Å². The number of amides is 4. The van der Waals surface area contributed by atoms with E-state index in [9.17, 15) is 24.3 Å². The Hall–Kier alpha value is -5.74. The summed E-state index contributed by atoms with van der Waals surface area (Å²) in [5.41, 5.74) is 4.32. The largest absolute Gasteiger partial charge is 0.509 e. The summed E-state index contributed by atoms with van der Waals surface area (Å²) in [5.74, 6) is -2.04. The second-order valence-corrected chi connectivity index (χ2v) is 12.3. The predicted octanol–water partition coefficient (Wildman–Crippen LogP) is 6.54. The number of nitrogens with zero attached hydrogens (tertiary/aromatic N) is 2. The van der Waals surface area contributed by atoms with Gasteiger partial charge in [0.2, 0.25) is 11.8 Å². The zero-order chi connectivity index (χ0) is 39.2. The van der Waals surface area contributed by atoms with Crippen molar-refractivity contribution >= 4 is 23.6 Å². The maximum Gasteiger partial charge on any atom is 0.254 e. The van der Waals surface area contributed by atoms with Gasteiger partial charge in [0.25, 0.3) is 11.8 Å². The second kappa shape index (κ2) is 23.7. The van der Waals surface area contributed by atoms with E-state index in [1.165, 1.54) is 18.2 Å². The molecule has 4 amide bonds. The lowest BCUT2D eigenvalue weighted by atomic mass is 9.87. The summed E-state index contributed by atoms with van der Waals surface area (Å²) in [5, 5.41) is 15.0. The van der Waals surface area contributed by atoms with Crippen molar-refractivity contribution in [1.82, 2.24) is 20.4 Å². The minimum Gasteiger partial charge on any atom is -0.509 e. The molecule has 1 atom stereocenters. The van der Waals surface area contributed by atoms with E-state index in [4.69, 9.17) is 4.74 Å². The summed E-state index contributed by atoms with van der Waals surface area (Å²) in [4.78, 5) is 51.9. The molecule has 10 heteroatoms. The molecule has 2 saturated heterocycles. The molecule has 0 aliphatic carbocycles. The first-order valence-corrected chi connectivity index (χ1v) is 17.7. The highest BCUT2D eigenvalue weighted by Crippen LogP contribution is 2.31. The van der Waals surface area contributed by atoms with Crippen molar-refractivity contribution in [2.45, 2.75) is 45.1 Å². The maximum atomic E-state index is 12.7. The van der Waals surface area contributed by atoms with E-state index in [1.807, 2.05) is 18.2 Å². The van der Waals surface area contributed by atoms with Crippen molar-refractivity contribution < 1.29 is 29.0 Å². The van der Waals surface area contributed by atoms with Crippen LogP contribution >= 0.6 is 0 Å². The normalized spacial score (nSPS) is 18.2. The number of imide groups is 2. The van der Waals surface area contributed by atoms with Gasteiger partial charge in [-0.3, -0.25) is 34.3 Å². The van der Waals surface area contributed by atoms with Gasteiger partial charge in [0.15, 0.2) is 0 Å². The number of piperidine rings is 2. The number of nitrogens with one attached hydrogen (secondary N) is 2. The van der Waals surface area contributed by atoms with E-state index in [0.29, 0.717) is 24.5 Å². The third kappa shape index (κ3) is 14.4. The zero-order valence-corrected chi connectivity index (χ0v) is 30.9. The number of carbonyl (C=O) groups is 4. The number of hydrogen-bond donors (Lipinski definition) is 3. The molecule has 282 valence electrons. The van der Waals surface area contributed by atoms with Gasteiger partial charge in [-0.15, -0.1) is 0 Å². The molecule has 0 aromatic rings. The molecule has 0 radical (unpaired) electrons. The summed E-state index contributed by atoms with van der Waals surface area (Å²) < 4.78 is 5.82. The minimum atomic E-state index is -1.05. The summed E-state index contributed by atoms with van der Waals surface area (Å²) in [6, 6.07) is -1.05. The van der Waals surface area contributed by atoms with Gasteiger partial charge in [0.05, 0.1) is 12.9 Å². The fraction of sp³-hybridized carbons (Fsp3) is 0.302. The number of carbonyl (C=O) groups excluding carboxylic acids is 4. The molecular formula is C43H54N4O6. The predicted molar refractivity (Wildman–Crippen MR) is 213 cm³/mol. The Kier molecular flexibility index (Phi) is 19.4. The van der Waals surface area contributed by atoms with E-state index in [2.05, 4.69) is 61.9 Å². The molecule has 0 bridgehead atoms. The van der Waals surface area contributed by atoms with Crippen LogP contribution in [0.15, 0.2) is 158 Å². The van der Waals surface area contributed by atoms with Crippen molar-refractivity contribution in [3.8, 4) is 0 Å². The highest BCUT2D eigenvalue weighted by Gasteiger charge is 2.36. The van der Waals surface area contributed by atoms with Gasteiger partial charge in [-0.05, 0) is 103 Å². The van der Waals surface area contributed by atoms with Crippen LogP contribution in [0.25, 0.3) is 0 Å². The number of aliphatic hydroxyl groups excluding tert-OH is 1. The SMILES string of the molecule is C=C/C=C(C=C)/C(CC)=C(C(=C)/C=C\C(=C)O)\C(C=C)=C\C=C\OCCN1CCC(CN/C=C/C=C/C(=O)N(C(=O)C=C)C2CCC(=O)NC2=O)CC1. The topological polar surface area (TPSA) is 128 Å². The van der Waals surface area contributed by atoms with Gasteiger partial charge >= 0.3 is 0 Å². The van der Waals surface area contributed by atoms with Crippen LogP contribution in [0, 0.1) is 5.92 Å². The number of aliphatic hydroxyl groups is 1. The number of allylic oxidation sites excluding steroid dienone is 15. The smallest absolute Gasteiger partial charge is 0.254 e. The van der Waals surface area contributed by atoms with Gasteiger partial charge in [-0.1, -0.05) is 88.9 Å². The summed E-state index contributed by atoms with van der Waals surface area (Å²) in [6.07, 6.45) is 25.8. The highest BCUT2D eigenvalue weighted by atomic mass is 16.5. The summed E-state index contributed by atoms with van der Waals surface area (Å²) >= 11 is 0. The first-order valence-electron chi connectivity index (χ1n) is 17.7. The minimum absolute atomic E-state index is 0.0467. The van der Waals surface area contributed by atoms with Crippen molar-refractivity contribution in [3.63, 3.8) is 0 Å². The Bertz CT molecular complexity index is 1630. The van der Waals surface area contributed by atoms with E-state index in [-0.39, 0.29) is 18.6 Å². The van der Waals surface area contributed by atoms with E-state index in [1.54, 1.807) is 42.8 Å². The molecule has 0 aromatic heterocycles. The fourth-order valence-corrected chi connectivity index (χ4v) is 5.91.